The van der Waals surface area contributed by atoms with Crippen LogP contribution in [-0.4, -0.2) is 43.1 Å². The second-order valence-electron chi connectivity index (χ2n) is 9.52. The van der Waals surface area contributed by atoms with Gasteiger partial charge in [0.2, 0.25) is 5.88 Å². The molecule has 0 saturated carbocycles. The Labute approximate surface area is 198 Å². The molecule has 5 heterocycles. The molecule has 2 aliphatic heterocycles. The lowest BCUT2D eigenvalue weighted by Gasteiger charge is -2.39. The maximum Gasteiger partial charge on any atom is 0.259 e. The minimum absolute atomic E-state index is 0.0222. The third-order valence-corrected chi connectivity index (χ3v) is 7.19. The molecule has 7 nitrogen and oxygen atoms in total. The molecule has 1 N–H and O–H groups in total. The molecular formula is C27H27N5O2. The van der Waals surface area contributed by atoms with E-state index in [9.17, 15) is 4.79 Å². The summed E-state index contributed by atoms with van der Waals surface area (Å²) in [6.45, 7) is 1.93. The molecule has 2 unspecified atom stereocenters. The largest absolute Gasteiger partial charge is 0.437 e. The van der Waals surface area contributed by atoms with Crippen molar-refractivity contribution in [2.75, 3.05) is 0 Å². The van der Waals surface area contributed by atoms with Crippen molar-refractivity contribution in [1.29, 1.82) is 0 Å². The summed E-state index contributed by atoms with van der Waals surface area (Å²) in [5, 5.41) is 8.30. The van der Waals surface area contributed by atoms with Crippen LogP contribution in [0, 0.1) is 12.8 Å². The third kappa shape index (κ3) is 3.91. The molecule has 2 bridgehead atoms. The minimum Gasteiger partial charge on any atom is -0.437 e. The maximum absolute atomic E-state index is 13.7. The predicted octanol–water partition coefficient (Wildman–Crippen LogP) is 5.08. The number of fused-ring (bicyclic) bond motifs is 3. The number of aryl methyl sites for hydroxylation is 1. The fraction of sp³-hybridized carbons (Fsp3) is 0.333. The summed E-state index contributed by atoms with van der Waals surface area (Å²) in [7, 11) is 0. The molecular weight excluding hydrogens is 426 g/mol. The average Bonchev–Trinajstić information content (AvgIpc) is 3.42. The normalized spacial score (nSPS) is 21.7. The first-order chi connectivity index (χ1) is 16.6. The van der Waals surface area contributed by atoms with E-state index in [4.69, 9.17) is 4.74 Å². The van der Waals surface area contributed by atoms with Gasteiger partial charge in [-0.2, -0.15) is 5.10 Å². The van der Waals surface area contributed by atoms with Crippen LogP contribution in [0.2, 0.25) is 0 Å². The van der Waals surface area contributed by atoms with Gasteiger partial charge in [-0.25, -0.2) is 4.98 Å². The molecule has 2 saturated heterocycles. The molecule has 0 spiro atoms. The highest BCUT2D eigenvalue weighted by atomic mass is 16.5. The molecule has 4 aromatic rings. The zero-order valence-electron chi connectivity index (χ0n) is 19.1. The highest BCUT2D eigenvalue weighted by Crippen LogP contribution is 2.41. The highest BCUT2D eigenvalue weighted by molar-refractivity contribution is 5.97. The Morgan fingerprint density at radius 3 is 2.74 bits per heavy atom. The minimum atomic E-state index is 0.0222. The van der Waals surface area contributed by atoms with Crippen molar-refractivity contribution in [1.82, 2.24) is 25.1 Å². The van der Waals surface area contributed by atoms with Crippen molar-refractivity contribution >= 4 is 16.8 Å². The highest BCUT2D eigenvalue weighted by Gasteiger charge is 2.44. The molecule has 2 atom stereocenters. The first-order valence-electron chi connectivity index (χ1n) is 11.9. The molecule has 1 amide bonds. The first kappa shape index (κ1) is 20.8. The van der Waals surface area contributed by atoms with Gasteiger partial charge in [-0.1, -0.05) is 6.07 Å². The number of carbonyl (C=O) groups is 1. The number of H-pyrrole nitrogens is 1. The van der Waals surface area contributed by atoms with E-state index in [1.165, 1.54) is 5.56 Å². The van der Waals surface area contributed by atoms with Crippen molar-refractivity contribution in [2.24, 2.45) is 5.92 Å². The van der Waals surface area contributed by atoms with Crippen molar-refractivity contribution in [3.63, 3.8) is 0 Å². The number of hydrogen-bond donors (Lipinski definition) is 1. The average molecular weight is 454 g/mol. The van der Waals surface area contributed by atoms with E-state index in [1.54, 1.807) is 18.5 Å². The van der Waals surface area contributed by atoms with Gasteiger partial charge in [0.05, 0.1) is 17.9 Å². The molecule has 34 heavy (non-hydrogen) atoms. The number of piperidine rings is 1. The van der Waals surface area contributed by atoms with Crippen molar-refractivity contribution in [3.05, 3.63) is 77.9 Å². The Kier molecular flexibility index (Phi) is 5.24. The third-order valence-electron chi connectivity index (χ3n) is 7.19. The van der Waals surface area contributed by atoms with Gasteiger partial charge in [0.15, 0.2) is 0 Å². The molecule has 172 valence electrons. The Hall–Kier alpha value is -3.74. The Balaban J connectivity index is 1.18. The molecule has 0 aliphatic carbocycles. The molecule has 3 aromatic heterocycles. The van der Waals surface area contributed by atoms with Gasteiger partial charge >= 0.3 is 0 Å². The summed E-state index contributed by atoms with van der Waals surface area (Å²) in [5.41, 5.74) is 3.84. The number of pyridine rings is 2. The molecule has 0 radical (unpaired) electrons. The van der Waals surface area contributed by atoms with Crippen LogP contribution in [0.4, 0.5) is 0 Å². The summed E-state index contributed by atoms with van der Waals surface area (Å²) in [6.07, 6.45) is 10.4. The number of nitrogens with zero attached hydrogens (tertiary/aromatic N) is 4. The van der Waals surface area contributed by atoms with Crippen LogP contribution in [0.3, 0.4) is 0 Å². The van der Waals surface area contributed by atoms with E-state index in [2.05, 4.69) is 43.3 Å². The van der Waals surface area contributed by atoms with E-state index in [0.29, 0.717) is 23.1 Å². The smallest absolute Gasteiger partial charge is 0.259 e. The van der Waals surface area contributed by atoms with Crippen LogP contribution in [0.25, 0.3) is 10.9 Å². The van der Waals surface area contributed by atoms with Crippen LogP contribution < -0.4 is 4.74 Å². The van der Waals surface area contributed by atoms with Crippen LogP contribution in [0.15, 0.2) is 61.1 Å². The number of rotatable bonds is 5. The molecule has 2 aliphatic rings. The van der Waals surface area contributed by atoms with Gasteiger partial charge in [0.25, 0.3) is 5.91 Å². The number of amides is 1. The number of carbonyl (C=O) groups excluding carboxylic acids is 1. The molecule has 1 aromatic carbocycles. The number of hydrogen-bond acceptors (Lipinski definition) is 5. The van der Waals surface area contributed by atoms with E-state index in [0.717, 1.165) is 48.7 Å². The summed E-state index contributed by atoms with van der Waals surface area (Å²) >= 11 is 0. The molecule has 6 rings (SSSR count). The van der Waals surface area contributed by atoms with Crippen LogP contribution >= 0.6 is 0 Å². The standard InChI is InChI=1S/C27H27N5O2/c1-17-4-8-23(16-29-17)34-26-24(3-2-10-28-26)27(33)32-21-6-7-22(32)14-19(13-21)11-18-5-9-25-20(12-18)15-30-31-25/h2-5,8-10,12,15-16,19,21-22H,6-7,11,13-14H2,1H3,(H,30,31). The Morgan fingerprint density at radius 1 is 1.09 bits per heavy atom. The summed E-state index contributed by atoms with van der Waals surface area (Å²) < 4.78 is 5.97. The van der Waals surface area contributed by atoms with Gasteiger partial charge in [0.1, 0.15) is 11.3 Å². The van der Waals surface area contributed by atoms with E-state index < -0.39 is 0 Å². The lowest BCUT2D eigenvalue weighted by atomic mass is 9.85. The van der Waals surface area contributed by atoms with Crippen molar-refractivity contribution in [2.45, 2.75) is 51.1 Å². The monoisotopic (exact) mass is 453 g/mol. The second kappa shape index (κ2) is 8.56. The SMILES string of the molecule is Cc1ccc(Oc2ncccc2C(=O)N2C3CCC2CC(Cc2ccc4[nH]ncc4c2)C3)cn1. The van der Waals surface area contributed by atoms with Gasteiger partial charge in [-0.3, -0.25) is 14.9 Å². The van der Waals surface area contributed by atoms with Gasteiger partial charge in [-0.05, 0) is 86.9 Å². The number of ether oxygens (including phenoxy) is 1. The summed E-state index contributed by atoms with van der Waals surface area (Å²) in [5.74, 6) is 1.52. The zero-order chi connectivity index (χ0) is 23.1. The van der Waals surface area contributed by atoms with Gasteiger partial charge in [-0.15, -0.1) is 0 Å². The zero-order valence-corrected chi connectivity index (χ0v) is 19.1. The fourth-order valence-corrected chi connectivity index (χ4v) is 5.64. The van der Waals surface area contributed by atoms with Crippen molar-refractivity contribution < 1.29 is 9.53 Å². The first-order valence-corrected chi connectivity index (χ1v) is 11.9. The Morgan fingerprint density at radius 2 is 1.94 bits per heavy atom. The topological polar surface area (TPSA) is 84.0 Å². The quantitative estimate of drug-likeness (QED) is 0.456. The van der Waals surface area contributed by atoms with Gasteiger partial charge in [0, 0.05) is 29.4 Å². The lowest BCUT2D eigenvalue weighted by molar-refractivity contribution is 0.0521. The van der Waals surface area contributed by atoms with Gasteiger partial charge < -0.3 is 9.64 Å². The Bertz CT molecular complexity index is 1320. The predicted molar refractivity (Wildman–Crippen MR) is 129 cm³/mol. The number of nitrogens with one attached hydrogen (secondary N) is 1. The van der Waals surface area contributed by atoms with E-state index in [1.807, 2.05) is 31.3 Å². The van der Waals surface area contributed by atoms with Crippen LogP contribution in [-0.2, 0) is 6.42 Å². The number of aromatic nitrogens is 4. The number of aromatic amines is 1. The molecule has 2 fully saturated rings. The van der Waals surface area contributed by atoms with Crippen LogP contribution in [0.5, 0.6) is 11.6 Å². The maximum atomic E-state index is 13.7. The van der Waals surface area contributed by atoms with E-state index >= 15 is 0 Å². The second-order valence-corrected chi connectivity index (χ2v) is 9.52. The summed E-state index contributed by atoms with van der Waals surface area (Å²) in [6, 6.07) is 14.4. The number of benzene rings is 1. The lowest BCUT2D eigenvalue weighted by Crippen LogP contribution is -2.47. The summed E-state index contributed by atoms with van der Waals surface area (Å²) in [4.78, 5) is 24.4. The van der Waals surface area contributed by atoms with Crippen LogP contribution in [0.1, 0.15) is 47.3 Å². The van der Waals surface area contributed by atoms with E-state index in [-0.39, 0.29) is 18.0 Å². The fourth-order valence-electron chi connectivity index (χ4n) is 5.64. The van der Waals surface area contributed by atoms with Crippen molar-refractivity contribution in [3.8, 4) is 11.6 Å². The molecule has 7 heteroatoms.